The van der Waals surface area contributed by atoms with Crippen molar-refractivity contribution in [1.82, 2.24) is 5.32 Å². The van der Waals surface area contributed by atoms with Crippen LogP contribution in [0.3, 0.4) is 0 Å². The van der Waals surface area contributed by atoms with Crippen LogP contribution in [0.15, 0.2) is 54.6 Å². The molecule has 1 fully saturated rings. The molecular weight excluding hydrogens is 376 g/mol. The maximum Gasteiger partial charge on any atom is 0.246 e. The molecule has 0 aromatic heterocycles. The van der Waals surface area contributed by atoms with E-state index in [4.69, 9.17) is 4.74 Å². The van der Waals surface area contributed by atoms with Gasteiger partial charge in [-0.2, -0.15) is 0 Å². The lowest BCUT2D eigenvalue weighted by molar-refractivity contribution is -0.130. The van der Waals surface area contributed by atoms with Crippen LogP contribution in [0.5, 0.6) is 5.75 Å². The lowest BCUT2D eigenvalue weighted by atomic mass is 9.93. The van der Waals surface area contributed by atoms with E-state index >= 15 is 0 Å². The Labute approximate surface area is 179 Å². The number of rotatable bonds is 7. The monoisotopic (exact) mass is 408 g/mol. The fraction of sp³-hybridized carbons (Fsp3) is 0.440. The smallest absolute Gasteiger partial charge is 0.246 e. The number of ether oxygens (including phenoxy) is 1. The van der Waals surface area contributed by atoms with Crippen LogP contribution in [0, 0.1) is 0 Å². The van der Waals surface area contributed by atoms with Gasteiger partial charge in [0.25, 0.3) is 0 Å². The number of nitrogens with zero attached hydrogens (tertiary/aromatic N) is 1. The number of benzene rings is 2. The SMILES string of the molecule is COc1ccc(N(C(=O)Cc2ccccc2)C(C)(C)C(=O)NC2CCCCC2)cc1. The zero-order chi connectivity index (χ0) is 21.6. The molecule has 5 nitrogen and oxygen atoms in total. The molecule has 0 atom stereocenters. The van der Waals surface area contributed by atoms with Gasteiger partial charge in [0.15, 0.2) is 0 Å². The number of hydrogen-bond acceptors (Lipinski definition) is 3. The van der Waals surface area contributed by atoms with Crippen molar-refractivity contribution in [3.05, 3.63) is 60.2 Å². The molecule has 0 bridgehead atoms. The average Bonchev–Trinajstić information content (AvgIpc) is 2.75. The number of methoxy groups -OCH3 is 1. The fourth-order valence-electron chi connectivity index (χ4n) is 4.07. The van der Waals surface area contributed by atoms with Gasteiger partial charge in [0.05, 0.1) is 13.5 Å². The lowest BCUT2D eigenvalue weighted by Crippen LogP contribution is -2.59. The Morgan fingerprint density at radius 1 is 1.00 bits per heavy atom. The largest absolute Gasteiger partial charge is 0.497 e. The molecule has 1 aliphatic carbocycles. The minimum Gasteiger partial charge on any atom is -0.497 e. The van der Waals surface area contributed by atoms with Crippen LogP contribution in [0.4, 0.5) is 5.69 Å². The fourth-order valence-corrected chi connectivity index (χ4v) is 4.07. The number of carbonyl (C=O) groups is 2. The zero-order valence-corrected chi connectivity index (χ0v) is 18.2. The van der Waals surface area contributed by atoms with E-state index in [1.54, 1.807) is 12.0 Å². The minimum atomic E-state index is -1.03. The molecule has 0 aliphatic heterocycles. The van der Waals surface area contributed by atoms with Gasteiger partial charge in [-0.3, -0.25) is 14.5 Å². The summed E-state index contributed by atoms with van der Waals surface area (Å²) in [7, 11) is 1.61. The highest BCUT2D eigenvalue weighted by Crippen LogP contribution is 2.28. The number of anilines is 1. The van der Waals surface area contributed by atoms with E-state index in [1.165, 1.54) is 6.42 Å². The molecule has 3 rings (SSSR count). The van der Waals surface area contributed by atoms with Crippen LogP contribution in [-0.2, 0) is 16.0 Å². The Balaban J connectivity index is 1.87. The van der Waals surface area contributed by atoms with E-state index in [0.717, 1.165) is 31.2 Å². The van der Waals surface area contributed by atoms with Gasteiger partial charge < -0.3 is 10.1 Å². The number of carbonyl (C=O) groups excluding carboxylic acids is 2. The molecule has 0 unspecified atom stereocenters. The van der Waals surface area contributed by atoms with Crippen molar-refractivity contribution in [2.24, 2.45) is 0 Å². The van der Waals surface area contributed by atoms with Gasteiger partial charge in [-0.1, -0.05) is 49.6 Å². The number of nitrogens with one attached hydrogen (secondary N) is 1. The topological polar surface area (TPSA) is 58.6 Å². The third-order valence-electron chi connectivity index (χ3n) is 5.83. The van der Waals surface area contributed by atoms with Gasteiger partial charge in [0, 0.05) is 11.7 Å². The molecule has 0 heterocycles. The molecule has 2 aromatic rings. The first kappa shape index (κ1) is 21.9. The van der Waals surface area contributed by atoms with Crippen molar-refractivity contribution in [3.8, 4) is 5.75 Å². The van der Waals surface area contributed by atoms with Crippen LogP contribution in [0.1, 0.15) is 51.5 Å². The maximum absolute atomic E-state index is 13.4. The molecule has 160 valence electrons. The molecule has 1 saturated carbocycles. The van der Waals surface area contributed by atoms with Crippen molar-refractivity contribution in [1.29, 1.82) is 0 Å². The van der Waals surface area contributed by atoms with Gasteiger partial charge in [0.1, 0.15) is 11.3 Å². The third-order valence-corrected chi connectivity index (χ3v) is 5.83. The van der Waals surface area contributed by atoms with Crippen molar-refractivity contribution in [2.75, 3.05) is 12.0 Å². The van der Waals surface area contributed by atoms with Crippen molar-refractivity contribution in [3.63, 3.8) is 0 Å². The predicted molar refractivity (Wildman–Crippen MR) is 120 cm³/mol. The summed E-state index contributed by atoms with van der Waals surface area (Å²) in [6.07, 6.45) is 5.74. The molecule has 0 saturated heterocycles. The first-order chi connectivity index (χ1) is 14.4. The summed E-state index contributed by atoms with van der Waals surface area (Å²) in [4.78, 5) is 28.3. The lowest BCUT2D eigenvalue weighted by Gasteiger charge is -2.39. The van der Waals surface area contributed by atoms with Gasteiger partial charge in [-0.25, -0.2) is 0 Å². The van der Waals surface area contributed by atoms with E-state index < -0.39 is 5.54 Å². The van der Waals surface area contributed by atoms with Crippen molar-refractivity contribution < 1.29 is 14.3 Å². The second-order valence-electron chi connectivity index (χ2n) is 8.46. The van der Waals surface area contributed by atoms with Crippen LogP contribution >= 0.6 is 0 Å². The summed E-state index contributed by atoms with van der Waals surface area (Å²) in [6, 6.07) is 17.1. The van der Waals surface area contributed by atoms with E-state index in [0.29, 0.717) is 11.4 Å². The highest BCUT2D eigenvalue weighted by Gasteiger charge is 2.39. The summed E-state index contributed by atoms with van der Waals surface area (Å²) >= 11 is 0. The first-order valence-electron chi connectivity index (χ1n) is 10.7. The molecule has 2 aromatic carbocycles. The summed E-state index contributed by atoms with van der Waals surface area (Å²) < 4.78 is 5.26. The van der Waals surface area contributed by atoms with Crippen LogP contribution in [-0.4, -0.2) is 30.5 Å². The van der Waals surface area contributed by atoms with Crippen LogP contribution in [0.25, 0.3) is 0 Å². The van der Waals surface area contributed by atoms with Gasteiger partial charge in [-0.15, -0.1) is 0 Å². The minimum absolute atomic E-state index is 0.116. The van der Waals surface area contributed by atoms with Crippen LogP contribution < -0.4 is 15.0 Å². The molecular formula is C25H32N2O3. The quantitative estimate of drug-likeness (QED) is 0.734. The second-order valence-corrected chi connectivity index (χ2v) is 8.46. The Bertz CT molecular complexity index is 840. The van der Waals surface area contributed by atoms with E-state index in [2.05, 4.69) is 5.32 Å². The number of hydrogen-bond donors (Lipinski definition) is 1. The zero-order valence-electron chi connectivity index (χ0n) is 18.2. The average molecular weight is 409 g/mol. The van der Waals surface area contributed by atoms with Gasteiger partial charge in [0.2, 0.25) is 11.8 Å². The molecule has 2 amide bonds. The van der Waals surface area contributed by atoms with E-state index in [1.807, 2.05) is 68.4 Å². The summed E-state index contributed by atoms with van der Waals surface area (Å²) in [6.45, 7) is 3.64. The van der Waals surface area contributed by atoms with Crippen molar-refractivity contribution in [2.45, 2.75) is 64.0 Å². The first-order valence-corrected chi connectivity index (χ1v) is 10.7. The Hall–Kier alpha value is -2.82. The van der Waals surface area contributed by atoms with Gasteiger partial charge in [-0.05, 0) is 56.5 Å². The van der Waals surface area contributed by atoms with E-state index in [9.17, 15) is 9.59 Å². The number of amides is 2. The molecule has 5 heteroatoms. The molecule has 0 spiro atoms. The highest BCUT2D eigenvalue weighted by molar-refractivity contribution is 6.03. The van der Waals surface area contributed by atoms with Gasteiger partial charge >= 0.3 is 0 Å². The standard InChI is InChI=1S/C25H32N2O3/c1-25(2,24(29)26-20-12-8-5-9-13-20)27(21-14-16-22(30-3)17-15-21)23(28)18-19-10-6-4-7-11-19/h4,6-7,10-11,14-17,20H,5,8-9,12-13,18H2,1-3H3,(H,26,29). The second kappa shape index (κ2) is 9.79. The van der Waals surface area contributed by atoms with Crippen molar-refractivity contribution >= 4 is 17.5 Å². The molecule has 0 radical (unpaired) electrons. The Morgan fingerprint density at radius 2 is 1.63 bits per heavy atom. The summed E-state index contributed by atoms with van der Waals surface area (Å²) in [5, 5.41) is 3.19. The van der Waals surface area contributed by atoms with Crippen LogP contribution in [0.2, 0.25) is 0 Å². The molecule has 30 heavy (non-hydrogen) atoms. The highest BCUT2D eigenvalue weighted by atomic mass is 16.5. The summed E-state index contributed by atoms with van der Waals surface area (Å²) in [5.41, 5.74) is 0.572. The van der Waals surface area contributed by atoms with E-state index in [-0.39, 0.29) is 24.3 Å². The normalized spacial score (nSPS) is 14.8. The Kier molecular flexibility index (Phi) is 7.14. The molecule has 1 aliphatic rings. The Morgan fingerprint density at radius 3 is 2.23 bits per heavy atom. The summed E-state index contributed by atoms with van der Waals surface area (Å²) in [5.74, 6) is 0.473. The predicted octanol–water partition coefficient (Wildman–Crippen LogP) is 4.50. The molecule has 1 N–H and O–H groups in total. The third kappa shape index (κ3) is 5.21. The maximum atomic E-state index is 13.4.